The van der Waals surface area contributed by atoms with Crippen molar-refractivity contribution in [1.29, 1.82) is 0 Å². The van der Waals surface area contributed by atoms with Crippen LogP contribution in [0.4, 0.5) is 0 Å². The Labute approximate surface area is 288 Å². The predicted molar refractivity (Wildman–Crippen MR) is 202 cm³/mol. The molecule has 3 atom stereocenters. The number of allylic oxidation sites excluding steroid dienone is 8. The van der Waals surface area contributed by atoms with Crippen LogP contribution in [0.5, 0.6) is 0 Å². The highest BCUT2D eigenvalue weighted by atomic mass is 16.3. The summed E-state index contributed by atoms with van der Waals surface area (Å²) in [7, 11) is 0. The van der Waals surface area contributed by atoms with Gasteiger partial charge in [0.05, 0.1) is 0 Å². The number of benzene rings is 4. The van der Waals surface area contributed by atoms with Gasteiger partial charge in [0, 0.05) is 16.5 Å². The van der Waals surface area contributed by atoms with E-state index >= 15 is 0 Å². The van der Waals surface area contributed by atoms with Crippen molar-refractivity contribution in [1.82, 2.24) is 0 Å². The summed E-state index contributed by atoms with van der Waals surface area (Å²) in [6.45, 7) is 0. The number of rotatable bonds is 4. The van der Waals surface area contributed by atoms with Crippen molar-refractivity contribution >= 4 is 33.3 Å². The van der Waals surface area contributed by atoms with Crippen molar-refractivity contribution in [3.63, 3.8) is 0 Å². The molecule has 0 aliphatic heterocycles. The Morgan fingerprint density at radius 3 is 2.35 bits per heavy atom. The lowest BCUT2D eigenvalue weighted by Crippen LogP contribution is -2.38. The van der Waals surface area contributed by atoms with Crippen molar-refractivity contribution in [2.24, 2.45) is 11.8 Å². The molecule has 0 bridgehead atoms. The topological polar surface area (TPSA) is 13.1 Å². The highest BCUT2D eigenvalue weighted by molar-refractivity contribution is 5.89. The molecule has 5 aromatic rings. The van der Waals surface area contributed by atoms with E-state index in [1.54, 1.807) is 0 Å². The minimum Gasteiger partial charge on any atom is -0.456 e. The zero-order valence-corrected chi connectivity index (χ0v) is 27.9. The molecule has 0 fully saturated rings. The average molecular weight is 633 g/mol. The molecule has 1 heterocycles. The van der Waals surface area contributed by atoms with Crippen molar-refractivity contribution in [2.75, 3.05) is 0 Å². The first-order valence-corrected chi connectivity index (χ1v) is 18.3. The molecule has 10 rings (SSSR count). The molecule has 1 aromatic heterocycles. The molecule has 0 saturated heterocycles. The molecule has 0 spiro atoms. The lowest BCUT2D eigenvalue weighted by molar-refractivity contribution is 0.540. The minimum atomic E-state index is 0.356. The third kappa shape index (κ3) is 4.74. The van der Waals surface area contributed by atoms with Crippen LogP contribution < -0.4 is 21.1 Å². The molecule has 0 N–H and O–H groups in total. The summed E-state index contributed by atoms with van der Waals surface area (Å²) < 4.78 is 6.67. The van der Waals surface area contributed by atoms with Gasteiger partial charge in [-0.05, 0) is 123 Å². The lowest BCUT2D eigenvalue weighted by atomic mass is 9.72. The van der Waals surface area contributed by atoms with Crippen molar-refractivity contribution in [3.05, 3.63) is 188 Å². The van der Waals surface area contributed by atoms with E-state index in [2.05, 4.69) is 140 Å². The quantitative estimate of drug-likeness (QED) is 0.193. The third-order valence-electron chi connectivity index (χ3n) is 11.8. The maximum Gasteiger partial charge on any atom is 0.139 e. The molecule has 49 heavy (non-hydrogen) atoms. The smallest absolute Gasteiger partial charge is 0.139 e. The molecule has 238 valence electrons. The summed E-state index contributed by atoms with van der Waals surface area (Å²) in [4.78, 5) is 0. The van der Waals surface area contributed by atoms with Gasteiger partial charge in [-0.15, -0.1) is 0 Å². The van der Waals surface area contributed by atoms with Gasteiger partial charge in [-0.25, -0.2) is 0 Å². The number of para-hydroxylation sites is 1. The Balaban J connectivity index is 1.11. The normalized spacial score (nSPS) is 22.7. The SMILES string of the molecule is C1=CCC2C(=C1)C(c1ccccc1)=c1cc(C3CC=C(C4=c5oc6ccccc6c5=C5C=CCCC5C4)CC3)ccc1=C2c1ccccc1. The highest BCUT2D eigenvalue weighted by Gasteiger charge is 2.31. The van der Waals surface area contributed by atoms with E-state index in [1.807, 2.05) is 0 Å². The van der Waals surface area contributed by atoms with Gasteiger partial charge in [0.25, 0.3) is 0 Å². The first-order valence-electron chi connectivity index (χ1n) is 18.3. The van der Waals surface area contributed by atoms with E-state index in [0.717, 1.165) is 43.1 Å². The second-order valence-corrected chi connectivity index (χ2v) is 14.5. The predicted octanol–water partition coefficient (Wildman–Crippen LogP) is 8.91. The minimum absolute atomic E-state index is 0.356. The number of hydrogen-bond acceptors (Lipinski definition) is 1. The molecule has 1 nitrogen and oxygen atoms in total. The van der Waals surface area contributed by atoms with Gasteiger partial charge in [-0.1, -0.05) is 134 Å². The second kappa shape index (κ2) is 11.8. The molecule has 4 aromatic carbocycles. The Morgan fingerprint density at radius 2 is 1.51 bits per heavy atom. The van der Waals surface area contributed by atoms with Crippen LogP contribution in [0.2, 0.25) is 0 Å². The van der Waals surface area contributed by atoms with E-state index in [9.17, 15) is 0 Å². The van der Waals surface area contributed by atoms with E-state index in [4.69, 9.17) is 4.42 Å². The van der Waals surface area contributed by atoms with Gasteiger partial charge in [0.15, 0.2) is 0 Å². The van der Waals surface area contributed by atoms with Crippen molar-refractivity contribution in [2.45, 2.75) is 50.9 Å². The summed E-state index contributed by atoms with van der Waals surface area (Å²) >= 11 is 0. The second-order valence-electron chi connectivity index (χ2n) is 14.5. The first-order chi connectivity index (χ1) is 24.3. The molecule has 0 amide bonds. The Morgan fingerprint density at radius 1 is 0.694 bits per heavy atom. The van der Waals surface area contributed by atoms with Crippen LogP contribution in [-0.2, 0) is 0 Å². The number of hydrogen-bond donors (Lipinski definition) is 0. The molecular formula is C48H40O. The van der Waals surface area contributed by atoms with Crippen LogP contribution in [0.1, 0.15) is 67.6 Å². The fourth-order valence-electron chi connectivity index (χ4n) is 9.53. The monoisotopic (exact) mass is 632 g/mol. The highest BCUT2D eigenvalue weighted by Crippen LogP contribution is 2.42. The molecule has 3 unspecified atom stereocenters. The standard InChI is InChI=1S/C48H40O/c1-3-13-33(14-4-1)45-38-19-9-10-20-39(38)46(34-15-5-2-6-16-34)43-29-35(27-28-40(43)45)31-23-25-32(26-24-31)42-30-36-17-7-8-18-37(36)47-41-21-11-12-22-44(41)49-48(42)47/h1-6,8-16,18,20-22,25,27-29,31,36,38H,7,17,19,23-24,26,30H2. The number of furan rings is 1. The fourth-order valence-corrected chi connectivity index (χ4v) is 9.53. The fraction of sp³-hybridized carbons (Fsp3) is 0.208. The molecular weight excluding hydrogens is 593 g/mol. The van der Waals surface area contributed by atoms with Gasteiger partial charge < -0.3 is 4.42 Å². The molecule has 5 aliphatic rings. The Kier molecular flexibility index (Phi) is 6.93. The summed E-state index contributed by atoms with van der Waals surface area (Å²) in [6, 6.07) is 38.3. The van der Waals surface area contributed by atoms with Crippen LogP contribution >= 0.6 is 0 Å². The molecule has 1 heteroatoms. The largest absolute Gasteiger partial charge is 0.456 e. The van der Waals surface area contributed by atoms with Gasteiger partial charge in [-0.3, -0.25) is 0 Å². The van der Waals surface area contributed by atoms with Crippen molar-refractivity contribution < 1.29 is 4.42 Å². The molecule has 0 saturated carbocycles. The lowest BCUT2D eigenvalue weighted by Gasteiger charge is -2.32. The zero-order valence-electron chi connectivity index (χ0n) is 27.9. The van der Waals surface area contributed by atoms with E-state index in [0.29, 0.717) is 17.8 Å². The van der Waals surface area contributed by atoms with Crippen LogP contribution in [0.15, 0.2) is 155 Å². The van der Waals surface area contributed by atoms with Crippen LogP contribution in [0.3, 0.4) is 0 Å². The third-order valence-corrected chi connectivity index (χ3v) is 11.8. The summed E-state index contributed by atoms with van der Waals surface area (Å²) in [6.07, 6.45) is 22.2. The molecule has 0 radical (unpaired) electrons. The summed E-state index contributed by atoms with van der Waals surface area (Å²) in [5.41, 5.74) is 15.1. The van der Waals surface area contributed by atoms with Crippen LogP contribution in [-0.4, -0.2) is 0 Å². The zero-order chi connectivity index (χ0) is 32.3. The van der Waals surface area contributed by atoms with E-state index < -0.39 is 0 Å². The van der Waals surface area contributed by atoms with Gasteiger partial charge >= 0.3 is 0 Å². The first kappa shape index (κ1) is 28.8. The average Bonchev–Trinajstić information content (AvgIpc) is 3.57. The van der Waals surface area contributed by atoms with Gasteiger partial charge in [0.1, 0.15) is 11.0 Å². The Bertz CT molecular complexity index is 2520. The Hall–Kier alpha value is -5.14. The summed E-state index contributed by atoms with van der Waals surface area (Å²) in [5, 5.41) is 5.40. The van der Waals surface area contributed by atoms with Crippen molar-refractivity contribution in [3.8, 4) is 0 Å². The van der Waals surface area contributed by atoms with Crippen LogP contribution in [0, 0.1) is 11.8 Å². The maximum atomic E-state index is 6.67. The van der Waals surface area contributed by atoms with E-state index in [1.165, 1.54) is 84.0 Å². The van der Waals surface area contributed by atoms with E-state index in [-0.39, 0.29) is 0 Å². The summed E-state index contributed by atoms with van der Waals surface area (Å²) in [5.74, 6) is 1.44. The van der Waals surface area contributed by atoms with Gasteiger partial charge in [0.2, 0.25) is 0 Å². The maximum absolute atomic E-state index is 6.67. The number of fused-ring (bicyclic) bond motifs is 6. The van der Waals surface area contributed by atoms with Gasteiger partial charge in [-0.2, -0.15) is 0 Å². The molecule has 5 aliphatic carbocycles. The van der Waals surface area contributed by atoms with Crippen LogP contribution in [0.25, 0.3) is 33.3 Å².